The second-order valence-electron chi connectivity index (χ2n) is 7.65. The molecular formula is C22H24N2O3. The van der Waals surface area contributed by atoms with Gasteiger partial charge in [0.1, 0.15) is 6.04 Å². The minimum atomic E-state index is -0.907. The first-order valence-corrected chi connectivity index (χ1v) is 9.49. The van der Waals surface area contributed by atoms with E-state index in [0.717, 1.165) is 37.1 Å². The first kappa shape index (κ1) is 17.7. The van der Waals surface area contributed by atoms with Crippen LogP contribution in [0.5, 0.6) is 0 Å². The first-order valence-electron chi connectivity index (χ1n) is 9.49. The van der Waals surface area contributed by atoms with Gasteiger partial charge in [0.15, 0.2) is 0 Å². The van der Waals surface area contributed by atoms with Gasteiger partial charge in [-0.05, 0) is 55.0 Å². The summed E-state index contributed by atoms with van der Waals surface area (Å²) in [5.41, 5.74) is 2.30. The number of aliphatic carboxylic acids is 1. The molecule has 1 amide bonds. The van der Waals surface area contributed by atoms with E-state index in [0.29, 0.717) is 18.5 Å². The van der Waals surface area contributed by atoms with Gasteiger partial charge in [0, 0.05) is 12.1 Å². The SMILES string of the molecule is O=C(O)[C@@H]1CC2(CCNCC2)CN1C(=O)c1ccccc1-c1ccccc1. The van der Waals surface area contributed by atoms with Gasteiger partial charge >= 0.3 is 5.97 Å². The summed E-state index contributed by atoms with van der Waals surface area (Å²) in [4.78, 5) is 26.9. The molecule has 0 aromatic heterocycles. The quantitative estimate of drug-likeness (QED) is 0.878. The molecule has 2 heterocycles. The van der Waals surface area contributed by atoms with Crippen molar-refractivity contribution in [3.05, 3.63) is 60.2 Å². The van der Waals surface area contributed by atoms with Crippen LogP contribution >= 0.6 is 0 Å². The van der Waals surface area contributed by atoms with Crippen LogP contribution in [0, 0.1) is 5.41 Å². The van der Waals surface area contributed by atoms with Crippen LogP contribution in [0.2, 0.25) is 0 Å². The second kappa shape index (κ2) is 7.16. The molecule has 0 radical (unpaired) electrons. The molecule has 2 aliphatic heterocycles. The lowest BCUT2D eigenvalue weighted by molar-refractivity contribution is -0.141. The average molecular weight is 364 g/mol. The molecule has 1 spiro atoms. The summed E-state index contributed by atoms with van der Waals surface area (Å²) in [6, 6.07) is 16.5. The van der Waals surface area contributed by atoms with E-state index in [2.05, 4.69) is 5.32 Å². The summed E-state index contributed by atoms with van der Waals surface area (Å²) < 4.78 is 0. The highest BCUT2D eigenvalue weighted by atomic mass is 16.4. The second-order valence-corrected chi connectivity index (χ2v) is 7.65. The van der Waals surface area contributed by atoms with Crippen molar-refractivity contribution >= 4 is 11.9 Å². The number of hydrogen-bond acceptors (Lipinski definition) is 3. The maximum Gasteiger partial charge on any atom is 0.326 e. The number of hydrogen-bond donors (Lipinski definition) is 2. The average Bonchev–Trinajstić information content (AvgIpc) is 3.08. The largest absolute Gasteiger partial charge is 0.480 e. The third kappa shape index (κ3) is 3.35. The van der Waals surface area contributed by atoms with Crippen molar-refractivity contribution in [1.82, 2.24) is 10.2 Å². The maximum atomic E-state index is 13.4. The number of likely N-dealkylation sites (tertiary alicyclic amines) is 1. The molecule has 0 aliphatic carbocycles. The van der Waals surface area contributed by atoms with Crippen molar-refractivity contribution in [1.29, 1.82) is 0 Å². The number of piperidine rings is 1. The summed E-state index contributed by atoms with van der Waals surface area (Å²) in [7, 11) is 0. The fourth-order valence-electron chi connectivity index (χ4n) is 4.50. The van der Waals surface area contributed by atoms with Crippen LogP contribution in [-0.2, 0) is 4.79 Å². The molecule has 4 rings (SSSR count). The van der Waals surface area contributed by atoms with E-state index in [1.54, 1.807) is 11.0 Å². The molecule has 140 valence electrons. The van der Waals surface area contributed by atoms with Crippen molar-refractivity contribution in [2.75, 3.05) is 19.6 Å². The molecule has 0 unspecified atom stereocenters. The van der Waals surface area contributed by atoms with E-state index in [1.807, 2.05) is 48.5 Å². The van der Waals surface area contributed by atoms with Gasteiger partial charge in [-0.3, -0.25) is 4.79 Å². The van der Waals surface area contributed by atoms with Crippen LogP contribution < -0.4 is 5.32 Å². The molecule has 27 heavy (non-hydrogen) atoms. The predicted octanol–water partition coefficient (Wildman–Crippen LogP) is 3.02. The Labute approximate surface area is 159 Å². The minimum absolute atomic E-state index is 0.0777. The monoisotopic (exact) mass is 364 g/mol. The Morgan fingerprint density at radius 3 is 2.37 bits per heavy atom. The molecule has 2 fully saturated rings. The Kier molecular flexibility index (Phi) is 4.70. The number of rotatable bonds is 3. The highest BCUT2D eigenvalue weighted by Crippen LogP contribution is 2.43. The van der Waals surface area contributed by atoms with Gasteiger partial charge < -0.3 is 15.3 Å². The molecule has 1 atom stereocenters. The Balaban J connectivity index is 1.69. The molecule has 2 aromatic rings. The molecule has 5 heteroatoms. The lowest BCUT2D eigenvalue weighted by Gasteiger charge is -2.33. The number of nitrogens with zero attached hydrogens (tertiary/aromatic N) is 1. The van der Waals surface area contributed by atoms with E-state index >= 15 is 0 Å². The summed E-state index contributed by atoms with van der Waals surface area (Å²) in [5.74, 6) is -1.09. The number of carboxylic acids is 1. The normalized spacial score (nSPS) is 21.3. The molecule has 0 bridgehead atoms. The van der Waals surface area contributed by atoms with Crippen LogP contribution in [0.1, 0.15) is 29.6 Å². The van der Waals surface area contributed by atoms with Crippen LogP contribution in [-0.4, -0.2) is 47.6 Å². The smallest absolute Gasteiger partial charge is 0.326 e. The van der Waals surface area contributed by atoms with E-state index in [1.165, 1.54) is 0 Å². The highest BCUT2D eigenvalue weighted by molar-refractivity contribution is 6.02. The third-order valence-corrected chi connectivity index (χ3v) is 5.96. The maximum absolute atomic E-state index is 13.4. The van der Waals surface area contributed by atoms with Gasteiger partial charge in [-0.15, -0.1) is 0 Å². The number of carbonyl (C=O) groups is 2. The van der Waals surface area contributed by atoms with Gasteiger partial charge in [-0.2, -0.15) is 0 Å². The van der Waals surface area contributed by atoms with Crippen LogP contribution in [0.15, 0.2) is 54.6 Å². The van der Waals surface area contributed by atoms with Crippen molar-refractivity contribution in [2.24, 2.45) is 5.41 Å². The first-order chi connectivity index (χ1) is 13.1. The van der Waals surface area contributed by atoms with E-state index in [9.17, 15) is 14.7 Å². The van der Waals surface area contributed by atoms with Crippen molar-refractivity contribution in [2.45, 2.75) is 25.3 Å². The molecule has 2 aromatic carbocycles. The van der Waals surface area contributed by atoms with Crippen molar-refractivity contribution in [3.63, 3.8) is 0 Å². The zero-order valence-corrected chi connectivity index (χ0v) is 15.2. The minimum Gasteiger partial charge on any atom is -0.480 e. The Hall–Kier alpha value is -2.66. The predicted molar refractivity (Wildman–Crippen MR) is 103 cm³/mol. The van der Waals surface area contributed by atoms with E-state index in [-0.39, 0.29) is 11.3 Å². The Morgan fingerprint density at radius 1 is 1.00 bits per heavy atom. The van der Waals surface area contributed by atoms with Gasteiger partial charge in [0.2, 0.25) is 0 Å². The number of benzene rings is 2. The molecule has 2 aliphatic rings. The Bertz CT molecular complexity index is 844. The number of carbonyl (C=O) groups excluding carboxylic acids is 1. The van der Waals surface area contributed by atoms with Gasteiger partial charge in [-0.25, -0.2) is 4.79 Å². The molecule has 5 nitrogen and oxygen atoms in total. The molecule has 0 saturated carbocycles. The van der Waals surface area contributed by atoms with E-state index < -0.39 is 12.0 Å². The lowest BCUT2D eigenvalue weighted by atomic mass is 9.77. The molecular weight excluding hydrogens is 340 g/mol. The Morgan fingerprint density at radius 2 is 1.67 bits per heavy atom. The standard InChI is InChI=1S/C22H24N2O3/c25-20(18-9-5-4-8-17(18)16-6-2-1-3-7-16)24-15-22(10-12-23-13-11-22)14-19(24)21(26)27/h1-9,19,23H,10-15H2,(H,26,27)/t19-/m0/s1. The summed E-state index contributed by atoms with van der Waals surface area (Å²) >= 11 is 0. The fourth-order valence-corrected chi connectivity index (χ4v) is 4.50. The summed E-state index contributed by atoms with van der Waals surface area (Å²) in [6.07, 6.45) is 2.38. The highest BCUT2D eigenvalue weighted by Gasteiger charge is 2.49. The molecule has 2 saturated heterocycles. The zero-order valence-electron chi connectivity index (χ0n) is 15.2. The van der Waals surface area contributed by atoms with Crippen LogP contribution in [0.25, 0.3) is 11.1 Å². The number of nitrogens with one attached hydrogen (secondary N) is 1. The van der Waals surface area contributed by atoms with Gasteiger partial charge in [0.05, 0.1) is 0 Å². The van der Waals surface area contributed by atoms with Crippen LogP contribution in [0.3, 0.4) is 0 Å². The van der Waals surface area contributed by atoms with Gasteiger partial charge in [-0.1, -0.05) is 48.5 Å². The van der Waals surface area contributed by atoms with E-state index in [4.69, 9.17) is 0 Å². The lowest BCUT2D eigenvalue weighted by Crippen LogP contribution is -2.42. The molecule has 2 N–H and O–H groups in total. The number of amides is 1. The third-order valence-electron chi connectivity index (χ3n) is 5.96. The van der Waals surface area contributed by atoms with Gasteiger partial charge in [0.25, 0.3) is 5.91 Å². The van der Waals surface area contributed by atoms with Crippen molar-refractivity contribution in [3.8, 4) is 11.1 Å². The topological polar surface area (TPSA) is 69.6 Å². The zero-order chi connectivity index (χ0) is 18.9. The fraction of sp³-hybridized carbons (Fsp3) is 0.364. The van der Waals surface area contributed by atoms with Crippen LogP contribution in [0.4, 0.5) is 0 Å². The number of carboxylic acid groups (broad SMARTS) is 1. The summed E-state index contributed by atoms with van der Waals surface area (Å²) in [5, 5.41) is 13.1. The van der Waals surface area contributed by atoms with Crippen molar-refractivity contribution < 1.29 is 14.7 Å². The summed E-state index contributed by atoms with van der Waals surface area (Å²) in [6.45, 7) is 2.29.